The van der Waals surface area contributed by atoms with E-state index in [0.717, 1.165) is 19.3 Å². The van der Waals surface area contributed by atoms with Crippen molar-refractivity contribution < 1.29 is 9.59 Å². The molecule has 2 aliphatic rings. The van der Waals surface area contributed by atoms with E-state index in [4.69, 9.17) is 5.73 Å². The lowest BCUT2D eigenvalue weighted by atomic mass is 9.72. The first-order chi connectivity index (χ1) is 10.2. The zero-order valence-corrected chi connectivity index (χ0v) is 11.9. The summed E-state index contributed by atoms with van der Waals surface area (Å²) in [7, 11) is 0. The molecule has 112 valence electrons. The number of carbonyl (C=O) groups is 2. The number of carbonyl (C=O) groups excluding carboxylic acids is 2. The maximum absolute atomic E-state index is 12.8. The van der Waals surface area contributed by atoms with Crippen molar-refractivity contribution in [1.82, 2.24) is 15.2 Å². The molecule has 21 heavy (non-hydrogen) atoms. The van der Waals surface area contributed by atoms with Crippen molar-refractivity contribution in [3.8, 4) is 0 Å². The Bertz CT molecular complexity index is 548. The van der Waals surface area contributed by atoms with Crippen LogP contribution in [0.2, 0.25) is 0 Å². The summed E-state index contributed by atoms with van der Waals surface area (Å²) in [5.41, 5.74) is 5.74. The van der Waals surface area contributed by atoms with Crippen LogP contribution in [0.4, 0.5) is 4.79 Å². The Balaban J connectivity index is 1.84. The van der Waals surface area contributed by atoms with Crippen LogP contribution in [0.3, 0.4) is 0 Å². The number of nitrogens with one attached hydrogen (secondary N) is 1. The molecule has 1 aliphatic carbocycles. The first-order valence-electron chi connectivity index (χ1n) is 7.41. The second-order valence-corrected chi connectivity index (χ2v) is 5.79. The summed E-state index contributed by atoms with van der Waals surface area (Å²) in [6.07, 6.45) is 5.23. The van der Waals surface area contributed by atoms with E-state index in [0.29, 0.717) is 18.7 Å². The summed E-state index contributed by atoms with van der Waals surface area (Å²) in [6.45, 7) is 0.633. The zero-order valence-electron chi connectivity index (χ0n) is 11.9. The normalized spacial score (nSPS) is 29.0. The number of nitrogens with zero attached hydrogens (tertiary/aromatic N) is 2. The Labute approximate surface area is 123 Å². The van der Waals surface area contributed by atoms with Gasteiger partial charge in [0, 0.05) is 12.1 Å². The van der Waals surface area contributed by atoms with Gasteiger partial charge in [-0.1, -0.05) is 18.9 Å². The van der Waals surface area contributed by atoms with Crippen LogP contribution in [0, 0.1) is 5.92 Å². The zero-order chi connectivity index (χ0) is 14.9. The van der Waals surface area contributed by atoms with Gasteiger partial charge in [0.1, 0.15) is 5.54 Å². The van der Waals surface area contributed by atoms with Crippen molar-refractivity contribution >= 4 is 11.9 Å². The van der Waals surface area contributed by atoms with E-state index in [1.165, 1.54) is 4.90 Å². The number of rotatable bonds is 3. The van der Waals surface area contributed by atoms with Gasteiger partial charge in [-0.3, -0.25) is 14.7 Å². The van der Waals surface area contributed by atoms with Gasteiger partial charge in [-0.05, 0) is 31.5 Å². The highest BCUT2D eigenvalue weighted by Crippen LogP contribution is 2.38. The minimum absolute atomic E-state index is 0.0245. The van der Waals surface area contributed by atoms with Gasteiger partial charge < -0.3 is 11.1 Å². The first kappa shape index (κ1) is 14.0. The standard InChI is InChI=1S/C15H20N4O2/c16-9-11-5-1-3-7-15(11)13(20)19(14(21)18-15)10-12-6-2-4-8-17-12/h2,4,6,8,11H,1,3,5,7,9-10,16H2,(H,18,21). The summed E-state index contributed by atoms with van der Waals surface area (Å²) in [6, 6.07) is 5.14. The van der Waals surface area contributed by atoms with Gasteiger partial charge in [0.25, 0.3) is 5.91 Å². The number of nitrogens with two attached hydrogens (primary N) is 1. The average Bonchev–Trinajstić information content (AvgIpc) is 2.74. The topological polar surface area (TPSA) is 88.3 Å². The minimum atomic E-state index is -0.793. The molecule has 1 saturated heterocycles. The van der Waals surface area contributed by atoms with Crippen LogP contribution in [0.15, 0.2) is 24.4 Å². The van der Waals surface area contributed by atoms with E-state index in [-0.39, 0.29) is 24.4 Å². The van der Waals surface area contributed by atoms with Crippen LogP contribution in [-0.2, 0) is 11.3 Å². The van der Waals surface area contributed by atoms with Gasteiger partial charge in [-0.2, -0.15) is 0 Å². The number of pyridine rings is 1. The Hall–Kier alpha value is -1.95. The molecule has 1 saturated carbocycles. The second-order valence-electron chi connectivity index (χ2n) is 5.79. The van der Waals surface area contributed by atoms with Crippen molar-refractivity contribution in [3.63, 3.8) is 0 Å². The Kier molecular flexibility index (Phi) is 3.63. The highest BCUT2D eigenvalue weighted by Gasteiger charge is 2.55. The van der Waals surface area contributed by atoms with Gasteiger partial charge in [-0.25, -0.2) is 4.79 Å². The lowest BCUT2D eigenvalue weighted by Crippen LogP contribution is -2.56. The molecule has 3 N–H and O–H groups in total. The minimum Gasteiger partial charge on any atom is -0.330 e. The molecule has 6 heteroatoms. The summed E-state index contributed by atoms with van der Waals surface area (Å²) < 4.78 is 0. The number of imide groups is 1. The number of hydrogen-bond donors (Lipinski definition) is 2. The van der Waals surface area contributed by atoms with Crippen LogP contribution in [0.25, 0.3) is 0 Å². The third-order valence-electron chi connectivity index (χ3n) is 4.60. The van der Waals surface area contributed by atoms with Gasteiger partial charge in [0.15, 0.2) is 0 Å². The van der Waals surface area contributed by atoms with E-state index in [9.17, 15) is 9.59 Å². The van der Waals surface area contributed by atoms with Crippen molar-refractivity contribution in [2.24, 2.45) is 11.7 Å². The van der Waals surface area contributed by atoms with Gasteiger partial charge >= 0.3 is 6.03 Å². The molecule has 2 heterocycles. The molecule has 2 unspecified atom stereocenters. The predicted octanol–water partition coefficient (Wildman–Crippen LogP) is 1.02. The molecule has 0 bridgehead atoms. The predicted molar refractivity (Wildman–Crippen MR) is 77.1 cm³/mol. The molecular weight excluding hydrogens is 268 g/mol. The largest absolute Gasteiger partial charge is 0.330 e. The summed E-state index contributed by atoms with van der Waals surface area (Å²) >= 11 is 0. The van der Waals surface area contributed by atoms with E-state index >= 15 is 0 Å². The highest BCUT2D eigenvalue weighted by atomic mass is 16.2. The molecular formula is C15H20N4O2. The maximum atomic E-state index is 12.8. The molecule has 3 amide bonds. The number of amides is 3. The second kappa shape index (κ2) is 5.44. The molecule has 3 rings (SSSR count). The first-order valence-corrected chi connectivity index (χ1v) is 7.41. The molecule has 2 fully saturated rings. The summed E-state index contributed by atoms with van der Waals surface area (Å²) in [4.78, 5) is 30.5. The fourth-order valence-corrected chi connectivity index (χ4v) is 3.45. The fourth-order valence-electron chi connectivity index (χ4n) is 3.45. The average molecular weight is 288 g/mol. The van der Waals surface area contributed by atoms with Crippen molar-refractivity contribution in [1.29, 1.82) is 0 Å². The Morgan fingerprint density at radius 3 is 2.95 bits per heavy atom. The monoisotopic (exact) mass is 288 g/mol. The number of urea groups is 1. The molecule has 1 aliphatic heterocycles. The quantitative estimate of drug-likeness (QED) is 0.813. The smallest absolute Gasteiger partial charge is 0.325 e. The van der Waals surface area contributed by atoms with E-state index < -0.39 is 5.54 Å². The van der Waals surface area contributed by atoms with Crippen LogP contribution >= 0.6 is 0 Å². The molecule has 0 radical (unpaired) electrons. The Morgan fingerprint density at radius 1 is 1.38 bits per heavy atom. The number of aromatic nitrogens is 1. The van der Waals surface area contributed by atoms with Crippen molar-refractivity contribution in [2.75, 3.05) is 6.54 Å². The van der Waals surface area contributed by atoms with E-state index in [1.54, 1.807) is 6.20 Å². The molecule has 1 spiro atoms. The third kappa shape index (κ3) is 2.29. The van der Waals surface area contributed by atoms with Crippen molar-refractivity contribution in [3.05, 3.63) is 30.1 Å². The van der Waals surface area contributed by atoms with E-state index in [2.05, 4.69) is 10.3 Å². The van der Waals surface area contributed by atoms with Crippen molar-refractivity contribution in [2.45, 2.75) is 37.8 Å². The molecule has 0 aromatic carbocycles. The van der Waals surface area contributed by atoms with Gasteiger partial charge in [0.2, 0.25) is 0 Å². The van der Waals surface area contributed by atoms with Crippen LogP contribution < -0.4 is 11.1 Å². The van der Waals surface area contributed by atoms with Crippen LogP contribution in [0.1, 0.15) is 31.4 Å². The summed E-state index contributed by atoms with van der Waals surface area (Å²) in [5, 5.41) is 2.92. The van der Waals surface area contributed by atoms with E-state index in [1.807, 2.05) is 18.2 Å². The number of hydrogen-bond acceptors (Lipinski definition) is 4. The molecule has 1 aromatic rings. The van der Waals surface area contributed by atoms with Gasteiger partial charge in [0.05, 0.1) is 12.2 Å². The lowest BCUT2D eigenvalue weighted by molar-refractivity contribution is -0.134. The van der Waals surface area contributed by atoms with Crippen LogP contribution in [0.5, 0.6) is 0 Å². The SMILES string of the molecule is NCC1CCCCC12NC(=O)N(Cc1ccccn1)C2=O. The third-order valence-corrected chi connectivity index (χ3v) is 4.60. The fraction of sp³-hybridized carbons (Fsp3) is 0.533. The Morgan fingerprint density at radius 2 is 2.24 bits per heavy atom. The molecule has 6 nitrogen and oxygen atoms in total. The maximum Gasteiger partial charge on any atom is 0.325 e. The summed E-state index contributed by atoms with van der Waals surface area (Å²) in [5.74, 6) is -0.121. The van der Waals surface area contributed by atoms with Crippen LogP contribution in [-0.4, -0.2) is 33.9 Å². The molecule has 1 aromatic heterocycles. The van der Waals surface area contributed by atoms with Gasteiger partial charge in [-0.15, -0.1) is 0 Å². The molecule has 2 atom stereocenters. The lowest BCUT2D eigenvalue weighted by Gasteiger charge is -2.38. The highest BCUT2D eigenvalue weighted by molar-refractivity contribution is 6.07.